The van der Waals surface area contributed by atoms with Gasteiger partial charge < -0.3 is 4.74 Å². The monoisotopic (exact) mass is 298 g/mol. The molecule has 0 aromatic heterocycles. The van der Waals surface area contributed by atoms with Gasteiger partial charge in [-0.3, -0.25) is 4.79 Å². The standard InChI is InChI=1S/C17H15FN2O2/c18-15(11-20)9-12-1-5-14(6-2-12)17(21)22-16-7-3-13(10-19)4-8-16/h3-4,7-9,12,14H,1-2,5-6H2/b15-9+. The number of esters is 1. The topological polar surface area (TPSA) is 73.9 Å². The SMILES string of the molecule is N#C/C(F)=C\C1CCC(C(=O)Oc2ccc(C#N)cc2)CC1. The normalized spacial score (nSPS) is 21.5. The van der Waals surface area contributed by atoms with Gasteiger partial charge >= 0.3 is 5.97 Å². The molecular formula is C17H15FN2O2. The number of allylic oxidation sites excluding steroid dienone is 2. The average molecular weight is 298 g/mol. The lowest BCUT2D eigenvalue weighted by atomic mass is 9.82. The van der Waals surface area contributed by atoms with Gasteiger partial charge in [0.2, 0.25) is 0 Å². The Balaban J connectivity index is 1.87. The number of carbonyl (C=O) groups excluding carboxylic acids is 1. The molecule has 0 atom stereocenters. The summed E-state index contributed by atoms with van der Waals surface area (Å²) in [5.74, 6) is -0.831. The molecule has 1 saturated carbocycles. The molecule has 1 aliphatic carbocycles. The van der Waals surface area contributed by atoms with Gasteiger partial charge in [0.15, 0.2) is 5.83 Å². The summed E-state index contributed by atoms with van der Waals surface area (Å²) in [6, 6.07) is 9.83. The first-order chi connectivity index (χ1) is 10.6. The van der Waals surface area contributed by atoms with Crippen LogP contribution in [0.4, 0.5) is 4.39 Å². The van der Waals surface area contributed by atoms with Crippen molar-refractivity contribution in [3.05, 3.63) is 41.7 Å². The van der Waals surface area contributed by atoms with Crippen molar-refractivity contribution in [2.24, 2.45) is 11.8 Å². The molecule has 2 rings (SSSR count). The van der Waals surface area contributed by atoms with Crippen LogP contribution >= 0.6 is 0 Å². The van der Waals surface area contributed by atoms with Gasteiger partial charge in [-0.1, -0.05) is 0 Å². The molecule has 1 fully saturated rings. The molecule has 1 aromatic carbocycles. The summed E-state index contributed by atoms with van der Waals surface area (Å²) in [7, 11) is 0. The van der Waals surface area contributed by atoms with Gasteiger partial charge in [-0.2, -0.15) is 14.9 Å². The van der Waals surface area contributed by atoms with Crippen LogP contribution in [0.3, 0.4) is 0 Å². The van der Waals surface area contributed by atoms with Crippen LogP contribution in [0, 0.1) is 34.5 Å². The third-order valence-corrected chi connectivity index (χ3v) is 3.80. The summed E-state index contributed by atoms with van der Waals surface area (Å²) in [6.45, 7) is 0. The minimum atomic E-state index is -0.761. The zero-order valence-electron chi connectivity index (χ0n) is 12.0. The van der Waals surface area contributed by atoms with Crippen molar-refractivity contribution in [2.45, 2.75) is 25.7 Å². The Hall–Kier alpha value is -2.66. The maximum Gasteiger partial charge on any atom is 0.314 e. The lowest BCUT2D eigenvalue weighted by molar-refractivity contribution is -0.140. The van der Waals surface area contributed by atoms with Crippen LogP contribution in [-0.2, 0) is 4.79 Å². The highest BCUT2D eigenvalue weighted by Crippen LogP contribution is 2.31. The second-order valence-corrected chi connectivity index (χ2v) is 5.30. The zero-order chi connectivity index (χ0) is 15.9. The molecule has 0 radical (unpaired) electrons. The number of halogens is 1. The third-order valence-electron chi connectivity index (χ3n) is 3.80. The predicted octanol–water partition coefficient (Wildman–Crippen LogP) is 3.65. The Morgan fingerprint density at radius 1 is 1.18 bits per heavy atom. The van der Waals surface area contributed by atoms with Crippen LogP contribution in [0.15, 0.2) is 36.2 Å². The van der Waals surface area contributed by atoms with E-state index in [0.717, 1.165) is 0 Å². The Labute approximate surface area is 128 Å². The van der Waals surface area contributed by atoms with Crippen LogP contribution < -0.4 is 4.74 Å². The summed E-state index contributed by atoms with van der Waals surface area (Å²) < 4.78 is 18.2. The van der Waals surface area contributed by atoms with Crippen LogP contribution in [0.25, 0.3) is 0 Å². The van der Waals surface area contributed by atoms with E-state index in [1.54, 1.807) is 24.3 Å². The van der Waals surface area contributed by atoms with E-state index in [9.17, 15) is 9.18 Å². The van der Waals surface area contributed by atoms with Gasteiger partial charge in [0.1, 0.15) is 11.8 Å². The molecule has 0 unspecified atom stereocenters. The second kappa shape index (κ2) is 7.38. The van der Waals surface area contributed by atoms with E-state index >= 15 is 0 Å². The van der Waals surface area contributed by atoms with Crippen molar-refractivity contribution in [3.8, 4) is 17.9 Å². The largest absolute Gasteiger partial charge is 0.426 e. The lowest BCUT2D eigenvalue weighted by Crippen LogP contribution is -2.25. The van der Waals surface area contributed by atoms with Gasteiger partial charge in [-0.25, -0.2) is 0 Å². The van der Waals surface area contributed by atoms with Crippen LogP contribution in [-0.4, -0.2) is 5.97 Å². The van der Waals surface area contributed by atoms with Crippen molar-refractivity contribution >= 4 is 5.97 Å². The number of benzene rings is 1. The quantitative estimate of drug-likeness (QED) is 0.485. The maximum absolute atomic E-state index is 12.9. The van der Waals surface area contributed by atoms with Crippen molar-refractivity contribution in [3.63, 3.8) is 0 Å². The minimum Gasteiger partial charge on any atom is -0.426 e. The van der Waals surface area contributed by atoms with E-state index in [-0.39, 0.29) is 17.8 Å². The van der Waals surface area contributed by atoms with Crippen molar-refractivity contribution < 1.29 is 13.9 Å². The van der Waals surface area contributed by atoms with Gasteiger partial charge in [-0.15, -0.1) is 0 Å². The highest BCUT2D eigenvalue weighted by Gasteiger charge is 2.27. The molecule has 5 heteroatoms. The van der Waals surface area contributed by atoms with Crippen molar-refractivity contribution in [1.29, 1.82) is 10.5 Å². The van der Waals surface area contributed by atoms with Gasteiger partial charge in [0, 0.05) is 0 Å². The van der Waals surface area contributed by atoms with Crippen LogP contribution in [0.1, 0.15) is 31.2 Å². The number of rotatable bonds is 3. The first kappa shape index (κ1) is 15.7. The summed E-state index contributed by atoms with van der Waals surface area (Å²) in [4.78, 5) is 12.1. The number of nitriles is 2. The summed E-state index contributed by atoms with van der Waals surface area (Å²) in [6.07, 6.45) is 3.91. The molecule has 0 N–H and O–H groups in total. The summed E-state index contributed by atoms with van der Waals surface area (Å²) >= 11 is 0. The summed E-state index contributed by atoms with van der Waals surface area (Å²) in [5.41, 5.74) is 0.506. The molecule has 4 nitrogen and oxygen atoms in total. The molecule has 22 heavy (non-hydrogen) atoms. The van der Waals surface area contributed by atoms with E-state index in [0.29, 0.717) is 37.0 Å². The predicted molar refractivity (Wildman–Crippen MR) is 77.0 cm³/mol. The average Bonchev–Trinajstić information content (AvgIpc) is 2.56. The molecule has 0 spiro atoms. The third kappa shape index (κ3) is 4.17. The minimum absolute atomic E-state index is 0.0126. The first-order valence-electron chi connectivity index (χ1n) is 7.11. The molecular weight excluding hydrogens is 283 g/mol. The fourth-order valence-corrected chi connectivity index (χ4v) is 2.56. The van der Waals surface area contributed by atoms with E-state index in [1.807, 2.05) is 6.07 Å². The maximum atomic E-state index is 12.9. The molecule has 1 aliphatic rings. The molecule has 0 heterocycles. The van der Waals surface area contributed by atoms with Crippen LogP contribution in [0.2, 0.25) is 0 Å². The molecule has 112 valence electrons. The van der Waals surface area contributed by atoms with E-state index in [2.05, 4.69) is 0 Å². The molecule has 0 saturated heterocycles. The molecule has 1 aromatic rings. The second-order valence-electron chi connectivity index (χ2n) is 5.30. The number of carbonyl (C=O) groups is 1. The van der Waals surface area contributed by atoms with E-state index in [4.69, 9.17) is 15.3 Å². The summed E-state index contributed by atoms with van der Waals surface area (Å²) in [5, 5.41) is 17.1. The number of nitrogens with zero attached hydrogens (tertiary/aromatic N) is 2. The molecule has 0 bridgehead atoms. The van der Waals surface area contributed by atoms with E-state index in [1.165, 1.54) is 12.1 Å². The van der Waals surface area contributed by atoms with Gasteiger partial charge in [0.05, 0.1) is 17.6 Å². The zero-order valence-corrected chi connectivity index (χ0v) is 12.0. The smallest absolute Gasteiger partial charge is 0.314 e. The van der Waals surface area contributed by atoms with Gasteiger partial charge in [-0.05, 0) is 61.9 Å². The van der Waals surface area contributed by atoms with Gasteiger partial charge in [0.25, 0.3) is 0 Å². The molecule has 0 amide bonds. The Morgan fingerprint density at radius 2 is 1.82 bits per heavy atom. The van der Waals surface area contributed by atoms with Crippen LogP contribution in [0.5, 0.6) is 5.75 Å². The van der Waals surface area contributed by atoms with Crippen molar-refractivity contribution in [2.75, 3.05) is 0 Å². The lowest BCUT2D eigenvalue weighted by Gasteiger charge is -2.25. The Morgan fingerprint density at radius 3 is 2.36 bits per heavy atom. The fourth-order valence-electron chi connectivity index (χ4n) is 2.56. The van der Waals surface area contributed by atoms with E-state index < -0.39 is 5.83 Å². The van der Waals surface area contributed by atoms with Crippen molar-refractivity contribution in [1.82, 2.24) is 0 Å². The fraction of sp³-hybridized carbons (Fsp3) is 0.353. The molecule has 0 aliphatic heterocycles. The number of hydrogen-bond donors (Lipinski definition) is 0. The highest BCUT2D eigenvalue weighted by atomic mass is 19.1. The highest BCUT2D eigenvalue weighted by molar-refractivity contribution is 5.75. The first-order valence-corrected chi connectivity index (χ1v) is 7.11. The number of hydrogen-bond acceptors (Lipinski definition) is 4. The Kier molecular flexibility index (Phi) is 5.27. The Bertz CT molecular complexity index is 645. The number of ether oxygens (including phenoxy) is 1.